The van der Waals surface area contributed by atoms with Crippen molar-refractivity contribution < 1.29 is 0 Å². The fourth-order valence-corrected chi connectivity index (χ4v) is 4.62. The highest BCUT2D eigenvalue weighted by molar-refractivity contribution is 5.37. The summed E-state index contributed by atoms with van der Waals surface area (Å²) >= 11 is 0. The van der Waals surface area contributed by atoms with Gasteiger partial charge in [0.05, 0.1) is 0 Å². The van der Waals surface area contributed by atoms with Crippen LogP contribution in [0, 0.1) is 0 Å². The van der Waals surface area contributed by atoms with Gasteiger partial charge in [-0.2, -0.15) is 0 Å². The first-order valence-electron chi connectivity index (χ1n) is 13.3. The Kier molecular flexibility index (Phi) is 16.3. The minimum Gasteiger partial charge on any atom is -0.0654 e. The molecule has 0 nitrogen and oxygen atoms in total. The molecule has 0 N–H and O–H groups in total. The van der Waals surface area contributed by atoms with E-state index in [1.807, 2.05) is 0 Å². The van der Waals surface area contributed by atoms with Crippen molar-refractivity contribution in [1.29, 1.82) is 0 Å². The van der Waals surface area contributed by atoms with Crippen molar-refractivity contribution in [3.05, 3.63) is 34.9 Å². The van der Waals surface area contributed by atoms with E-state index in [1.54, 1.807) is 16.7 Å². The average Bonchev–Trinajstić information content (AvgIpc) is 2.72. The number of hydrogen-bond acceptors (Lipinski definition) is 0. The molecule has 1 aromatic carbocycles. The third kappa shape index (κ3) is 12.5. The molecule has 0 aliphatic carbocycles. The maximum absolute atomic E-state index is 2.42. The van der Waals surface area contributed by atoms with E-state index in [0.29, 0.717) is 5.92 Å². The molecule has 29 heavy (non-hydrogen) atoms. The number of benzene rings is 1. The van der Waals surface area contributed by atoms with Crippen LogP contribution in [-0.2, 0) is 12.8 Å². The summed E-state index contributed by atoms with van der Waals surface area (Å²) in [6.45, 7) is 9.34. The first-order chi connectivity index (χ1) is 14.2. The van der Waals surface area contributed by atoms with Crippen LogP contribution in [0.1, 0.15) is 153 Å². The van der Waals surface area contributed by atoms with Crippen LogP contribution in [0.5, 0.6) is 0 Å². The molecule has 0 saturated heterocycles. The second-order valence-electron chi connectivity index (χ2n) is 9.59. The summed E-state index contributed by atoms with van der Waals surface area (Å²) in [6.07, 6.45) is 25.2. The molecule has 0 spiro atoms. The van der Waals surface area contributed by atoms with Crippen molar-refractivity contribution in [2.24, 2.45) is 0 Å². The molecule has 0 radical (unpaired) electrons. The maximum atomic E-state index is 2.42. The van der Waals surface area contributed by atoms with Gasteiger partial charge in [-0.05, 0) is 48.3 Å². The summed E-state index contributed by atoms with van der Waals surface area (Å²) in [5.74, 6) is 0.651. The molecule has 0 fully saturated rings. The quantitative estimate of drug-likeness (QED) is 0.203. The van der Waals surface area contributed by atoms with E-state index in [2.05, 4.69) is 45.9 Å². The van der Waals surface area contributed by atoms with Gasteiger partial charge in [-0.3, -0.25) is 0 Å². The number of unbranched alkanes of at least 4 members (excludes halogenated alkanes) is 14. The van der Waals surface area contributed by atoms with Crippen molar-refractivity contribution in [3.8, 4) is 0 Å². The van der Waals surface area contributed by atoms with Crippen LogP contribution in [0.3, 0.4) is 0 Å². The number of aryl methyl sites for hydroxylation is 1. The van der Waals surface area contributed by atoms with Crippen LogP contribution in [0.15, 0.2) is 18.2 Å². The van der Waals surface area contributed by atoms with Crippen molar-refractivity contribution in [2.45, 2.75) is 149 Å². The van der Waals surface area contributed by atoms with E-state index in [0.717, 1.165) is 0 Å². The van der Waals surface area contributed by atoms with Crippen LogP contribution in [0.4, 0.5) is 0 Å². The van der Waals surface area contributed by atoms with Crippen LogP contribution in [-0.4, -0.2) is 0 Å². The fourth-order valence-electron chi connectivity index (χ4n) is 4.62. The lowest BCUT2D eigenvalue weighted by Gasteiger charge is -2.18. The van der Waals surface area contributed by atoms with Crippen molar-refractivity contribution in [1.82, 2.24) is 0 Å². The molecular formula is C29H52. The summed E-state index contributed by atoms with van der Waals surface area (Å²) in [5.41, 5.74) is 4.98. The van der Waals surface area contributed by atoms with Crippen LogP contribution < -0.4 is 0 Å². The van der Waals surface area contributed by atoms with Gasteiger partial charge < -0.3 is 0 Å². The Labute approximate surface area is 184 Å². The smallest absolute Gasteiger partial charge is 0.0216 e. The highest BCUT2D eigenvalue weighted by atomic mass is 14.2. The predicted molar refractivity (Wildman–Crippen MR) is 133 cm³/mol. The first-order valence-corrected chi connectivity index (χ1v) is 13.3. The van der Waals surface area contributed by atoms with Crippen molar-refractivity contribution in [2.75, 3.05) is 0 Å². The Morgan fingerprint density at radius 1 is 0.552 bits per heavy atom. The van der Waals surface area contributed by atoms with E-state index in [9.17, 15) is 0 Å². The second kappa shape index (κ2) is 18.0. The second-order valence-corrected chi connectivity index (χ2v) is 9.59. The average molecular weight is 401 g/mol. The molecule has 0 amide bonds. The first kappa shape index (κ1) is 26.3. The van der Waals surface area contributed by atoms with Gasteiger partial charge in [-0.25, -0.2) is 0 Å². The van der Waals surface area contributed by atoms with Crippen LogP contribution in [0.25, 0.3) is 0 Å². The topological polar surface area (TPSA) is 0 Å². The third-order valence-electron chi connectivity index (χ3n) is 6.51. The third-order valence-corrected chi connectivity index (χ3v) is 6.51. The lowest BCUT2D eigenvalue weighted by atomic mass is 9.88. The summed E-state index contributed by atoms with van der Waals surface area (Å²) in [5, 5.41) is 0. The van der Waals surface area contributed by atoms with E-state index < -0.39 is 0 Å². The van der Waals surface area contributed by atoms with Gasteiger partial charge in [-0.15, -0.1) is 0 Å². The van der Waals surface area contributed by atoms with Gasteiger partial charge in [-0.1, -0.05) is 136 Å². The van der Waals surface area contributed by atoms with E-state index in [-0.39, 0.29) is 0 Å². The SMILES string of the molecule is CCCCCCCCCCc1cccc(C(C)C)c1CCCCCCCCCC. The highest BCUT2D eigenvalue weighted by Crippen LogP contribution is 2.26. The normalized spacial score (nSPS) is 11.5. The molecule has 1 aromatic rings. The Balaban J connectivity index is 2.38. The molecule has 1 rings (SSSR count). The van der Waals surface area contributed by atoms with Gasteiger partial charge in [0.25, 0.3) is 0 Å². The number of hydrogen-bond donors (Lipinski definition) is 0. The predicted octanol–water partition coefficient (Wildman–Crippen LogP) is 10.2. The lowest BCUT2D eigenvalue weighted by Crippen LogP contribution is -2.03. The summed E-state index contributed by atoms with van der Waals surface area (Å²) in [4.78, 5) is 0. The van der Waals surface area contributed by atoms with E-state index >= 15 is 0 Å². The standard InChI is InChI=1S/C29H52/c1-5-7-9-11-13-15-17-19-22-27-23-21-25-28(26(3)4)29(27)24-20-18-16-14-12-10-8-6-2/h21,23,25-26H,5-20,22,24H2,1-4H3. The van der Waals surface area contributed by atoms with Gasteiger partial charge in [0.15, 0.2) is 0 Å². The Morgan fingerprint density at radius 3 is 1.48 bits per heavy atom. The monoisotopic (exact) mass is 400 g/mol. The molecule has 0 unspecified atom stereocenters. The molecule has 0 aliphatic rings. The molecule has 0 atom stereocenters. The number of rotatable bonds is 19. The zero-order valence-corrected chi connectivity index (χ0v) is 20.5. The summed E-state index contributed by atoms with van der Waals surface area (Å²) in [7, 11) is 0. The molecule has 0 heteroatoms. The Bertz CT molecular complexity index is 485. The van der Waals surface area contributed by atoms with Gasteiger partial charge in [0, 0.05) is 0 Å². The zero-order valence-electron chi connectivity index (χ0n) is 20.5. The molecule has 168 valence electrons. The molecular weight excluding hydrogens is 348 g/mol. The summed E-state index contributed by atoms with van der Waals surface area (Å²) in [6, 6.07) is 7.13. The summed E-state index contributed by atoms with van der Waals surface area (Å²) < 4.78 is 0. The largest absolute Gasteiger partial charge is 0.0654 e. The van der Waals surface area contributed by atoms with E-state index in [1.165, 1.54) is 116 Å². The fraction of sp³-hybridized carbons (Fsp3) is 0.793. The van der Waals surface area contributed by atoms with E-state index in [4.69, 9.17) is 0 Å². The van der Waals surface area contributed by atoms with Crippen LogP contribution in [0.2, 0.25) is 0 Å². The molecule has 0 heterocycles. The maximum Gasteiger partial charge on any atom is -0.0216 e. The highest BCUT2D eigenvalue weighted by Gasteiger charge is 2.11. The minimum absolute atomic E-state index is 0.651. The van der Waals surface area contributed by atoms with Gasteiger partial charge >= 0.3 is 0 Å². The van der Waals surface area contributed by atoms with Crippen molar-refractivity contribution in [3.63, 3.8) is 0 Å². The zero-order chi connectivity index (χ0) is 21.2. The minimum atomic E-state index is 0.651. The Morgan fingerprint density at radius 2 is 1.00 bits per heavy atom. The van der Waals surface area contributed by atoms with Crippen molar-refractivity contribution >= 4 is 0 Å². The molecule has 0 aliphatic heterocycles. The van der Waals surface area contributed by atoms with Crippen LogP contribution >= 0.6 is 0 Å². The molecule has 0 saturated carbocycles. The Hall–Kier alpha value is -0.780. The lowest BCUT2D eigenvalue weighted by molar-refractivity contribution is 0.569. The molecule has 0 aromatic heterocycles. The van der Waals surface area contributed by atoms with Gasteiger partial charge in [0.2, 0.25) is 0 Å². The van der Waals surface area contributed by atoms with Gasteiger partial charge in [0.1, 0.15) is 0 Å². The molecule has 0 bridgehead atoms.